The lowest BCUT2D eigenvalue weighted by Crippen LogP contribution is -2.21. The summed E-state index contributed by atoms with van der Waals surface area (Å²) in [5, 5.41) is 2.90. The highest BCUT2D eigenvalue weighted by atomic mass is 16.5. The van der Waals surface area contributed by atoms with Gasteiger partial charge in [0.25, 0.3) is 0 Å². The second-order valence-electron chi connectivity index (χ2n) is 5.41. The SMILES string of the molecule is COc1ncc(C2CC(=O)NCc3nc4ccccn4c32)cn1. The molecular weight excluding hydrogens is 294 g/mol. The Balaban J connectivity index is 1.89. The summed E-state index contributed by atoms with van der Waals surface area (Å²) in [5.41, 5.74) is 3.62. The summed E-state index contributed by atoms with van der Waals surface area (Å²) in [6, 6.07) is 6.17. The van der Waals surface area contributed by atoms with E-state index < -0.39 is 0 Å². The van der Waals surface area contributed by atoms with Crippen molar-refractivity contribution >= 4 is 11.6 Å². The first kappa shape index (κ1) is 13.7. The molecule has 1 aliphatic heterocycles. The summed E-state index contributed by atoms with van der Waals surface area (Å²) in [6.45, 7) is 0.434. The van der Waals surface area contributed by atoms with Crippen molar-refractivity contribution in [2.75, 3.05) is 7.11 Å². The molecule has 116 valence electrons. The Hall–Kier alpha value is -2.96. The maximum Gasteiger partial charge on any atom is 0.316 e. The Morgan fingerprint density at radius 1 is 1.30 bits per heavy atom. The van der Waals surface area contributed by atoms with E-state index in [9.17, 15) is 4.79 Å². The summed E-state index contributed by atoms with van der Waals surface area (Å²) >= 11 is 0. The van der Waals surface area contributed by atoms with Crippen molar-refractivity contribution in [3.63, 3.8) is 0 Å². The first-order valence-electron chi connectivity index (χ1n) is 7.35. The Morgan fingerprint density at radius 3 is 2.91 bits per heavy atom. The van der Waals surface area contributed by atoms with Crippen LogP contribution in [0.25, 0.3) is 5.65 Å². The minimum Gasteiger partial charge on any atom is -0.467 e. The number of rotatable bonds is 2. The molecule has 1 N–H and O–H groups in total. The average Bonchev–Trinajstić information content (AvgIpc) is 2.88. The highest BCUT2D eigenvalue weighted by Crippen LogP contribution is 2.32. The molecule has 0 spiro atoms. The number of nitrogens with one attached hydrogen (secondary N) is 1. The van der Waals surface area contributed by atoms with Crippen LogP contribution in [0.2, 0.25) is 0 Å². The summed E-state index contributed by atoms with van der Waals surface area (Å²) in [6.07, 6.45) is 5.72. The molecule has 7 nitrogen and oxygen atoms in total. The number of hydrogen-bond acceptors (Lipinski definition) is 5. The van der Waals surface area contributed by atoms with Gasteiger partial charge in [-0.25, -0.2) is 15.0 Å². The van der Waals surface area contributed by atoms with Gasteiger partial charge < -0.3 is 14.5 Å². The molecule has 4 heterocycles. The first-order valence-corrected chi connectivity index (χ1v) is 7.35. The van der Waals surface area contributed by atoms with Crippen LogP contribution >= 0.6 is 0 Å². The molecule has 0 aromatic carbocycles. The van der Waals surface area contributed by atoms with Gasteiger partial charge in [-0.2, -0.15) is 0 Å². The molecule has 3 aromatic heterocycles. The molecule has 0 saturated carbocycles. The van der Waals surface area contributed by atoms with Crippen LogP contribution in [-0.4, -0.2) is 32.4 Å². The molecule has 7 heteroatoms. The lowest BCUT2D eigenvalue weighted by atomic mass is 9.94. The summed E-state index contributed by atoms with van der Waals surface area (Å²) in [5.74, 6) is -0.149. The Bertz CT molecular complexity index is 872. The van der Waals surface area contributed by atoms with Crippen molar-refractivity contribution in [2.24, 2.45) is 0 Å². The molecule has 0 saturated heterocycles. The van der Waals surface area contributed by atoms with Crippen LogP contribution in [0.4, 0.5) is 0 Å². The van der Waals surface area contributed by atoms with E-state index in [1.54, 1.807) is 12.4 Å². The number of carbonyl (C=O) groups is 1. The minimum absolute atomic E-state index is 0.00602. The van der Waals surface area contributed by atoms with Gasteiger partial charge in [-0.05, 0) is 17.7 Å². The van der Waals surface area contributed by atoms with Gasteiger partial charge in [0.1, 0.15) is 5.65 Å². The number of ether oxygens (including phenoxy) is 1. The van der Waals surface area contributed by atoms with Gasteiger partial charge in [-0.15, -0.1) is 0 Å². The largest absolute Gasteiger partial charge is 0.467 e. The van der Waals surface area contributed by atoms with Gasteiger partial charge in [-0.1, -0.05) is 6.07 Å². The minimum atomic E-state index is -0.143. The molecule has 3 aromatic rings. The smallest absolute Gasteiger partial charge is 0.316 e. The monoisotopic (exact) mass is 309 g/mol. The van der Waals surface area contributed by atoms with Crippen molar-refractivity contribution in [1.29, 1.82) is 0 Å². The molecule has 1 atom stereocenters. The van der Waals surface area contributed by atoms with Crippen LogP contribution in [0.1, 0.15) is 29.3 Å². The van der Waals surface area contributed by atoms with Crippen LogP contribution in [0.15, 0.2) is 36.8 Å². The van der Waals surface area contributed by atoms with Crippen LogP contribution in [0.3, 0.4) is 0 Å². The number of carbonyl (C=O) groups excluding carboxylic acids is 1. The van der Waals surface area contributed by atoms with Crippen molar-refractivity contribution in [3.8, 4) is 6.01 Å². The number of hydrogen-bond donors (Lipinski definition) is 1. The summed E-state index contributed by atoms with van der Waals surface area (Å²) < 4.78 is 7.04. The lowest BCUT2D eigenvalue weighted by Gasteiger charge is -2.15. The molecule has 4 rings (SSSR count). The molecule has 1 unspecified atom stereocenters. The number of fused-ring (bicyclic) bond motifs is 3. The molecule has 0 radical (unpaired) electrons. The van der Waals surface area contributed by atoms with Gasteiger partial charge in [0.15, 0.2) is 0 Å². The van der Waals surface area contributed by atoms with E-state index in [0.29, 0.717) is 19.0 Å². The lowest BCUT2D eigenvalue weighted by molar-refractivity contribution is -0.121. The van der Waals surface area contributed by atoms with Gasteiger partial charge in [0.05, 0.1) is 25.0 Å². The van der Waals surface area contributed by atoms with Crippen LogP contribution < -0.4 is 10.1 Å². The fourth-order valence-corrected chi connectivity index (χ4v) is 2.99. The van der Waals surface area contributed by atoms with Gasteiger partial charge in [0.2, 0.25) is 5.91 Å². The fourth-order valence-electron chi connectivity index (χ4n) is 2.99. The third-order valence-electron chi connectivity index (χ3n) is 4.05. The molecular formula is C16H15N5O2. The van der Waals surface area contributed by atoms with Gasteiger partial charge in [-0.3, -0.25) is 4.79 Å². The van der Waals surface area contributed by atoms with E-state index >= 15 is 0 Å². The van der Waals surface area contributed by atoms with Crippen LogP contribution in [-0.2, 0) is 11.3 Å². The van der Waals surface area contributed by atoms with Gasteiger partial charge >= 0.3 is 6.01 Å². The van der Waals surface area contributed by atoms with E-state index in [0.717, 1.165) is 22.6 Å². The van der Waals surface area contributed by atoms with Crippen molar-refractivity contribution in [1.82, 2.24) is 24.7 Å². The van der Waals surface area contributed by atoms with E-state index in [1.165, 1.54) is 7.11 Å². The second-order valence-corrected chi connectivity index (χ2v) is 5.41. The second kappa shape index (κ2) is 5.35. The fraction of sp³-hybridized carbons (Fsp3) is 0.250. The van der Waals surface area contributed by atoms with E-state index in [2.05, 4.69) is 20.3 Å². The molecule has 1 aliphatic rings. The molecule has 0 aliphatic carbocycles. The molecule has 23 heavy (non-hydrogen) atoms. The topological polar surface area (TPSA) is 81.4 Å². The first-order chi connectivity index (χ1) is 11.3. The maximum absolute atomic E-state index is 12.1. The van der Waals surface area contributed by atoms with Crippen molar-refractivity contribution < 1.29 is 9.53 Å². The number of methoxy groups -OCH3 is 1. The quantitative estimate of drug-likeness (QED) is 0.771. The Labute approximate surface area is 132 Å². The summed E-state index contributed by atoms with van der Waals surface area (Å²) in [7, 11) is 1.52. The summed E-state index contributed by atoms with van der Waals surface area (Å²) in [4.78, 5) is 25.1. The van der Waals surface area contributed by atoms with E-state index in [1.807, 2.05) is 28.8 Å². The highest BCUT2D eigenvalue weighted by molar-refractivity contribution is 5.78. The number of pyridine rings is 1. The predicted molar refractivity (Wildman–Crippen MR) is 82.1 cm³/mol. The normalized spacial score (nSPS) is 17.4. The van der Waals surface area contributed by atoms with Crippen molar-refractivity contribution in [2.45, 2.75) is 18.9 Å². The average molecular weight is 309 g/mol. The maximum atomic E-state index is 12.1. The highest BCUT2D eigenvalue weighted by Gasteiger charge is 2.29. The van der Waals surface area contributed by atoms with Gasteiger partial charge in [0, 0.05) is 30.9 Å². The third-order valence-corrected chi connectivity index (χ3v) is 4.05. The third kappa shape index (κ3) is 2.30. The zero-order valence-electron chi connectivity index (χ0n) is 12.6. The number of imidazole rings is 1. The standard InChI is InChI=1S/C16H15N5O2/c1-23-16-18-7-10(8-19-16)11-6-14(22)17-9-12-15(11)21-5-3-2-4-13(21)20-12/h2-5,7-8,11H,6,9H2,1H3,(H,17,22). The Morgan fingerprint density at radius 2 is 2.13 bits per heavy atom. The number of amides is 1. The van der Waals surface area contributed by atoms with Crippen LogP contribution in [0, 0.1) is 0 Å². The van der Waals surface area contributed by atoms with E-state index in [-0.39, 0.29) is 11.8 Å². The predicted octanol–water partition coefficient (Wildman–Crippen LogP) is 1.28. The van der Waals surface area contributed by atoms with E-state index in [4.69, 9.17) is 4.74 Å². The zero-order chi connectivity index (χ0) is 15.8. The molecule has 0 fully saturated rings. The molecule has 1 amide bonds. The molecule has 0 bridgehead atoms. The zero-order valence-corrected chi connectivity index (χ0v) is 12.6. The van der Waals surface area contributed by atoms with Crippen molar-refractivity contribution in [3.05, 3.63) is 53.7 Å². The Kier molecular flexibility index (Phi) is 3.18. The number of nitrogens with zero attached hydrogens (tertiary/aromatic N) is 4. The number of aromatic nitrogens is 4. The van der Waals surface area contributed by atoms with Crippen LogP contribution in [0.5, 0.6) is 6.01 Å².